The smallest absolute Gasteiger partial charge is 0.272 e. The minimum absolute atomic E-state index is 0.132. The number of nitrogens with zero attached hydrogens (tertiary/aromatic N) is 2. The lowest BCUT2D eigenvalue weighted by Gasteiger charge is -2.29. The van der Waals surface area contributed by atoms with Crippen LogP contribution < -0.4 is 16.0 Å². The predicted octanol–water partition coefficient (Wildman–Crippen LogP) is 8.29. The van der Waals surface area contributed by atoms with Crippen molar-refractivity contribution in [3.8, 4) is 11.1 Å². The fraction of sp³-hybridized carbons (Fsp3) is 0.273. The van der Waals surface area contributed by atoms with Gasteiger partial charge in [-0.3, -0.25) is 14.4 Å². The predicted molar refractivity (Wildman–Crippen MR) is 206 cm³/mol. The number of aliphatic imine (C=N–C) groups is 1. The van der Waals surface area contributed by atoms with E-state index >= 15 is 0 Å². The Balaban J connectivity index is 1.39. The number of benzodiazepines with no additional fused rings is 1. The molecule has 0 aromatic heterocycles. The van der Waals surface area contributed by atoms with E-state index in [9.17, 15) is 14.4 Å². The SMILES string of the molecule is CCCC[C@H](C(N)=O)[C@@H](CC(C)C)C(=O)NC1N=C(c2ccccc2)c2ccccc2N(Cc2cccc(-c3ccc4ccccc4c3)c2)C1=O. The molecule has 0 saturated heterocycles. The van der Waals surface area contributed by atoms with Crippen LogP contribution in [0.2, 0.25) is 0 Å². The van der Waals surface area contributed by atoms with Crippen LogP contribution in [0.5, 0.6) is 0 Å². The molecule has 3 N–H and O–H groups in total. The van der Waals surface area contributed by atoms with Crippen LogP contribution in [-0.4, -0.2) is 29.6 Å². The zero-order valence-electron chi connectivity index (χ0n) is 29.6. The minimum atomic E-state index is -1.22. The van der Waals surface area contributed by atoms with Crippen molar-refractivity contribution in [3.05, 3.63) is 138 Å². The van der Waals surface area contributed by atoms with Crippen LogP contribution in [0.15, 0.2) is 126 Å². The van der Waals surface area contributed by atoms with Gasteiger partial charge in [0.2, 0.25) is 18.0 Å². The first kappa shape index (κ1) is 35.3. The lowest BCUT2D eigenvalue weighted by molar-refractivity contribution is -0.136. The molecule has 260 valence electrons. The number of anilines is 1. The fourth-order valence-corrected chi connectivity index (χ4v) is 7.08. The largest absolute Gasteiger partial charge is 0.369 e. The maximum Gasteiger partial charge on any atom is 0.272 e. The second kappa shape index (κ2) is 16.0. The number of primary amides is 1. The third kappa shape index (κ3) is 8.09. The van der Waals surface area contributed by atoms with Crippen molar-refractivity contribution in [3.63, 3.8) is 0 Å². The summed E-state index contributed by atoms with van der Waals surface area (Å²) in [5.41, 5.74) is 11.9. The molecule has 5 aromatic carbocycles. The summed E-state index contributed by atoms with van der Waals surface area (Å²) in [4.78, 5) is 48.4. The summed E-state index contributed by atoms with van der Waals surface area (Å²) in [7, 11) is 0. The van der Waals surface area contributed by atoms with E-state index in [1.54, 1.807) is 4.90 Å². The Bertz CT molecular complexity index is 2050. The van der Waals surface area contributed by atoms with Gasteiger partial charge < -0.3 is 16.0 Å². The van der Waals surface area contributed by atoms with E-state index in [4.69, 9.17) is 10.7 Å². The van der Waals surface area contributed by atoms with Crippen molar-refractivity contribution < 1.29 is 14.4 Å². The van der Waals surface area contributed by atoms with Crippen LogP contribution in [0.4, 0.5) is 5.69 Å². The number of para-hydroxylation sites is 1. The van der Waals surface area contributed by atoms with E-state index in [-0.39, 0.29) is 24.3 Å². The lowest BCUT2D eigenvalue weighted by Crippen LogP contribution is -2.50. The molecule has 0 aliphatic carbocycles. The number of hydrogen-bond donors (Lipinski definition) is 2. The van der Waals surface area contributed by atoms with E-state index in [0.717, 1.165) is 46.0 Å². The molecule has 0 spiro atoms. The normalized spacial score (nSPS) is 15.5. The first-order valence-electron chi connectivity index (χ1n) is 17.9. The van der Waals surface area contributed by atoms with Crippen molar-refractivity contribution in [1.82, 2.24) is 5.32 Å². The van der Waals surface area contributed by atoms with Gasteiger partial charge in [-0.15, -0.1) is 0 Å². The third-order valence-electron chi connectivity index (χ3n) is 9.67. The number of unbranched alkanes of at least 4 members (excludes halogenated alkanes) is 1. The van der Waals surface area contributed by atoms with Crippen molar-refractivity contribution >= 4 is 39.9 Å². The topological polar surface area (TPSA) is 105 Å². The van der Waals surface area contributed by atoms with E-state index in [1.807, 2.05) is 99.6 Å². The van der Waals surface area contributed by atoms with Gasteiger partial charge in [-0.25, -0.2) is 4.99 Å². The summed E-state index contributed by atoms with van der Waals surface area (Å²) in [6.45, 7) is 6.34. The zero-order chi connectivity index (χ0) is 35.9. The molecular weight excluding hydrogens is 633 g/mol. The number of hydrogen-bond acceptors (Lipinski definition) is 4. The van der Waals surface area contributed by atoms with Gasteiger partial charge in [0.15, 0.2) is 0 Å². The third-order valence-corrected chi connectivity index (χ3v) is 9.67. The quantitative estimate of drug-likeness (QED) is 0.131. The maximum atomic E-state index is 14.8. The van der Waals surface area contributed by atoms with Crippen LogP contribution >= 0.6 is 0 Å². The first-order chi connectivity index (χ1) is 24.7. The monoisotopic (exact) mass is 678 g/mol. The number of carbonyl (C=O) groups is 3. The molecule has 1 unspecified atom stereocenters. The van der Waals surface area contributed by atoms with Crippen LogP contribution in [0.25, 0.3) is 21.9 Å². The second-order valence-corrected chi connectivity index (χ2v) is 13.8. The van der Waals surface area contributed by atoms with Crippen molar-refractivity contribution in [2.24, 2.45) is 28.5 Å². The van der Waals surface area contributed by atoms with E-state index in [2.05, 4.69) is 47.8 Å². The minimum Gasteiger partial charge on any atom is -0.369 e. The van der Waals surface area contributed by atoms with Crippen molar-refractivity contribution in [2.45, 2.75) is 59.2 Å². The molecule has 0 radical (unpaired) electrons. The van der Waals surface area contributed by atoms with Gasteiger partial charge >= 0.3 is 0 Å². The summed E-state index contributed by atoms with van der Waals surface area (Å²) < 4.78 is 0. The number of fused-ring (bicyclic) bond motifs is 2. The molecule has 1 heterocycles. The molecule has 1 aliphatic heterocycles. The van der Waals surface area contributed by atoms with Crippen LogP contribution in [-0.2, 0) is 20.9 Å². The average molecular weight is 679 g/mol. The molecule has 1 aliphatic rings. The Hall–Kier alpha value is -5.56. The summed E-state index contributed by atoms with van der Waals surface area (Å²) >= 11 is 0. The number of rotatable bonds is 13. The molecule has 0 bridgehead atoms. The Labute approximate surface area is 300 Å². The average Bonchev–Trinajstić information content (AvgIpc) is 3.25. The molecule has 7 heteroatoms. The molecule has 7 nitrogen and oxygen atoms in total. The molecule has 5 aromatic rings. The van der Waals surface area contributed by atoms with Gasteiger partial charge in [0, 0.05) is 23.0 Å². The molecular formula is C44H46N4O3. The fourth-order valence-electron chi connectivity index (χ4n) is 7.08. The first-order valence-corrected chi connectivity index (χ1v) is 17.9. The maximum absolute atomic E-state index is 14.8. The lowest BCUT2D eigenvalue weighted by atomic mass is 9.81. The highest BCUT2D eigenvalue weighted by Gasteiger charge is 2.38. The van der Waals surface area contributed by atoms with Gasteiger partial charge in [0.1, 0.15) is 0 Å². The van der Waals surface area contributed by atoms with Crippen molar-refractivity contribution in [1.29, 1.82) is 0 Å². The molecule has 3 atom stereocenters. The summed E-state index contributed by atoms with van der Waals surface area (Å²) in [5, 5.41) is 5.34. The van der Waals surface area contributed by atoms with Crippen molar-refractivity contribution in [2.75, 3.05) is 4.90 Å². The highest BCUT2D eigenvalue weighted by molar-refractivity contribution is 6.20. The zero-order valence-corrected chi connectivity index (χ0v) is 29.6. The van der Waals surface area contributed by atoms with Crippen LogP contribution in [0, 0.1) is 17.8 Å². The van der Waals surface area contributed by atoms with Gasteiger partial charge in [-0.05, 0) is 64.4 Å². The van der Waals surface area contributed by atoms with E-state index < -0.39 is 23.9 Å². The Morgan fingerprint density at radius 2 is 1.47 bits per heavy atom. The molecule has 0 saturated carbocycles. The number of nitrogens with two attached hydrogens (primary N) is 1. The number of amides is 3. The highest BCUT2D eigenvalue weighted by Crippen LogP contribution is 2.32. The molecule has 6 rings (SSSR count). The van der Waals surface area contributed by atoms with E-state index in [1.165, 1.54) is 5.39 Å². The van der Waals surface area contributed by atoms with Gasteiger partial charge in [-0.2, -0.15) is 0 Å². The van der Waals surface area contributed by atoms with E-state index in [0.29, 0.717) is 24.2 Å². The molecule has 51 heavy (non-hydrogen) atoms. The summed E-state index contributed by atoms with van der Waals surface area (Å²) in [6.07, 6.45) is 1.40. The van der Waals surface area contributed by atoms with Gasteiger partial charge in [0.05, 0.1) is 17.9 Å². The Morgan fingerprint density at radius 3 is 2.22 bits per heavy atom. The van der Waals surface area contributed by atoms with Crippen LogP contribution in [0.1, 0.15) is 63.1 Å². The van der Waals surface area contributed by atoms with Gasteiger partial charge in [-0.1, -0.05) is 137 Å². The Morgan fingerprint density at radius 1 is 0.784 bits per heavy atom. The number of nitrogens with one attached hydrogen (secondary N) is 1. The summed E-state index contributed by atoms with van der Waals surface area (Å²) in [5.74, 6) is -2.43. The standard InChI is InChI=1S/C44H46N4O3/c1-4-5-20-36(41(45)49)38(25-29(2)3)43(50)47-42-44(51)48(39-22-12-11-21-37(39)40(46-42)32-16-7-6-8-17-32)28-30-14-13-19-33(26-30)35-24-23-31-15-9-10-18-34(31)27-35/h6-19,21-24,26-27,29,36,38,42H,4-5,20,25,28H2,1-3H3,(H2,45,49)(H,47,50)/t36-,38+,42?/m0/s1. The molecule has 3 amide bonds. The van der Waals surface area contributed by atoms with Crippen LogP contribution in [0.3, 0.4) is 0 Å². The summed E-state index contributed by atoms with van der Waals surface area (Å²) in [6, 6.07) is 40.4. The highest BCUT2D eigenvalue weighted by atomic mass is 16.2. The number of benzene rings is 5. The number of carbonyl (C=O) groups excluding carboxylic acids is 3. The second-order valence-electron chi connectivity index (χ2n) is 13.8. The molecule has 0 fully saturated rings. The Kier molecular flexibility index (Phi) is 11.1. The van der Waals surface area contributed by atoms with Gasteiger partial charge in [0.25, 0.3) is 5.91 Å².